The molecular weight excluding hydrogens is 349 g/mol. The number of halogens is 1. The van der Waals surface area contributed by atoms with Crippen molar-refractivity contribution >= 4 is 28.4 Å². The first-order valence-electron chi connectivity index (χ1n) is 7.44. The maximum absolute atomic E-state index is 4.93. The summed E-state index contributed by atoms with van der Waals surface area (Å²) in [7, 11) is 1.97. The summed E-state index contributed by atoms with van der Waals surface area (Å²) in [6, 6.07) is 0. The zero-order valence-corrected chi connectivity index (χ0v) is 13.9. The van der Waals surface area contributed by atoms with Crippen LogP contribution in [0.3, 0.4) is 0 Å². The van der Waals surface area contributed by atoms with Gasteiger partial charge in [0.1, 0.15) is 11.6 Å². The van der Waals surface area contributed by atoms with Crippen molar-refractivity contribution in [3.63, 3.8) is 0 Å². The van der Waals surface area contributed by atoms with Crippen LogP contribution >= 0.6 is 22.6 Å². The molecular formula is C15H22IN3. The highest BCUT2D eigenvalue weighted by molar-refractivity contribution is 14.1. The average Bonchev–Trinajstić information content (AvgIpc) is 3.24. The molecule has 0 amide bonds. The van der Waals surface area contributed by atoms with Crippen molar-refractivity contribution in [1.82, 2.24) is 9.97 Å². The molecule has 104 valence electrons. The zero-order valence-electron chi connectivity index (χ0n) is 11.7. The Morgan fingerprint density at radius 3 is 2.21 bits per heavy atom. The molecule has 3 nitrogen and oxygen atoms in total. The van der Waals surface area contributed by atoms with E-state index in [-0.39, 0.29) is 0 Å². The van der Waals surface area contributed by atoms with Crippen LogP contribution in [-0.4, -0.2) is 17.0 Å². The van der Waals surface area contributed by atoms with Gasteiger partial charge < -0.3 is 5.32 Å². The molecule has 0 aromatic carbocycles. The van der Waals surface area contributed by atoms with Crippen molar-refractivity contribution in [2.75, 3.05) is 12.4 Å². The van der Waals surface area contributed by atoms with Crippen molar-refractivity contribution < 1.29 is 0 Å². The number of anilines is 1. The van der Waals surface area contributed by atoms with Crippen molar-refractivity contribution in [1.29, 1.82) is 0 Å². The SMILES string of the molecule is CNc1nc(C2CCC(C)CC2)nc(C2CC2)c1I. The smallest absolute Gasteiger partial charge is 0.143 e. The molecule has 2 fully saturated rings. The Morgan fingerprint density at radius 2 is 1.63 bits per heavy atom. The Kier molecular flexibility index (Phi) is 3.96. The van der Waals surface area contributed by atoms with Crippen LogP contribution in [0.4, 0.5) is 5.82 Å². The Labute approximate surface area is 129 Å². The molecule has 19 heavy (non-hydrogen) atoms. The molecule has 0 atom stereocenters. The lowest BCUT2D eigenvalue weighted by Crippen LogP contribution is -2.16. The molecule has 1 aromatic rings. The van der Waals surface area contributed by atoms with E-state index in [0.29, 0.717) is 11.8 Å². The molecule has 1 heterocycles. The van der Waals surface area contributed by atoms with Crippen LogP contribution < -0.4 is 5.32 Å². The Hall–Kier alpha value is -0.390. The lowest BCUT2D eigenvalue weighted by atomic mass is 9.82. The first-order valence-corrected chi connectivity index (χ1v) is 8.52. The molecule has 0 bridgehead atoms. The highest BCUT2D eigenvalue weighted by Gasteiger charge is 2.31. The van der Waals surface area contributed by atoms with Gasteiger partial charge in [-0.3, -0.25) is 0 Å². The molecule has 1 aromatic heterocycles. The number of hydrogen-bond donors (Lipinski definition) is 1. The van der Waals surface area contributed by atoms with E-state index in [1.807, 2.05) is 7.05 Å². The quantitative estimate of drug-likeness (QED) is 0.806. The van der Waals surface area contributed by atoms with Crippen molar-refractivity contribution in [2.24, 2.45) is 5.92 Å². The summed E-state index contributed by atoms with van der Waals surface area (Å²) in [5.41, 5.74) is 1.30. The van der Waals surface area contributed by atoms with Gasteiger partial charge in [0.15, 0.2) is 0 Å². The van der Waals surface area contributed by atoms with Crippen LogP contribution in [0.25, 0.3) is 0 Å². The fourth-order valence-electron chi connectivity index (χ4n) is 2.98. The van der Waals surface area contributed by atoms with E-state index in [1.54, 1.807) is 0 Å². The van der Waals surface area contributed by atoms with Crippen LogP contribution in [-0.2, 0) is 0 Å². The minimum atomic E-state index is 0.581. The number of aromatic nitrogens is 2. The van der Waals surface area contributed by atoms with Gasteiger partial charge in [0.05, 0.1) is 9.26 Å². The van der Waals surface area contributed by atoms with Crippen molar-refractivity contribution in [3.8, 4) is 0 Å². The van der Waals surface area contributed by atoms with Gasteiger partial charge in [0.25, 0.3) is 0 Å². The summed E-state index contributed by atoms with van der Waals surface area (Å²) >= 11 is 2.40. The average molecular weight is 371 g/mol. The summed E-state index contributed by atoms with van der Waals surface area (Å²) in [5, 5.41) is 3.25. The van der Waals surface area contributed by atoms with Crippen molar-refractivity contribution in [3.05, 3.63) is 15.1 Å². The number of nitrogens with one attached hydrogen (secondary N) is 1. The molecule has 3 rings (SSSR count). The fraction of sp³-hybridized carbons (Fsp3) is 0.733. The van der Waals surface area contributed by atoms with Crippen LogP contribution in [0.15, 0.2) is 0 Å². The van der Waals surface area contributed by atoms with E-state index < -0.39 is 0 Å². The normalized spacial score (nSPS) is 27.3. The maximum atomic E-state index is 4.93. The monoisotopic (exact) mass is 371 g/mol. The van der Waals surface area contributed by atoms with Gasteiger partial charge in [-0.25, -0.2) is 9.97 Å². The third-order valence-corrected chi connectivity index (χ3v) is 5.54. The van der Waals surface area contributed by atoms with Crippen LogP contribution in [0.2, 0.25) is 0 Å². The van der Waals surface area contributed by atoms with Crippen LogP contribution in [0.1, 0.15) is 68.8 Å². The summed E-state index contributed by atoms with van der Waals surface area (Å²) < 4.78 is 1.23. The Balaban J connectivity index is 1.90. The number of nitrogens with zero attached hydrogens (tertiary/aromatic N) is 2. The largest absolute Gasteiger partial charge is 0.372 e. The van der Waals surface area contributed by atoms with E-state index >= 15 is 0 Å². The predicted octanol–water partition coefficient (Wildman–Crippen LogP) is 4.29. The minimum Gasteiger partial charge on any atom is -0.372 e. The molecule has 0 radical (unpaired) electrons. The van der Waals surface area contributed by atoms with Crippen LogP contribution in [0, 0.1) is 9.49 Å². The van der Waals surface area contributed by atoms with E-state index in [1.165, 1.54) is 47.8 Å². The summed E-state index contributed by atoms with van der Waals surface area (Å²) in [6.07, 6.45) is 7.78. The topological polar surface area (TPSA) is 37.8 Å². The van der Waals surface area contributed by atoms with Gasteiger partial charge in [-0.05, 0) is 54.2 Å². The van der Waals surface area contributed by atoms with E-state index in [9.17, 15) is 0 Å². The predicted molar refractivity (Wildman–Crippen MR) is 86.6 cm³/mol. The van der Waals surface area contributed by atoms with E-state index in [4.69, 9.17) is 9.97 Å². The van der Waals surface area contributed by atoms with Gasteiger partial charge >= 0.3 is 0 Å². The zero-order chi connectivity index (χ0) is 13.4. The Morgan fingerprint density at radius 1 is 1.00 bits per heavy atom. The fourth-order valence-corrected chi connectivity index (χ4v) is 3.93. The van der Waals surface area contributed by atoms with E-state index in [0.717, 1.165) is 17.6 Å². The molecule has 2 aliphatic rings. The first-order chi connectivity index (χ1) is 9.19. The van der Waals surface area contributed by atoms with Gasteiger partial charge in [0, 0.05) is 18.9 Å². The molecule has 0 unspecified atom stereocenters. The second-order valence-corrected chi connectivity index (χ2v) is 7.19. The third-order valence-electron chi connectivity index (χ3n) is 4.48. The molecule has 2 saturated carbocycles. The number of rotatable bonds is 3. The summed E-state index contributed by atoms with van der Waals surface area (Å²) in [5.74, 6) is 4.29. The molecule has 0 spiro atoms. The second kappa shape index (κ2) is 5.54. The molecule has 4 heteroatoms. The third kappa shape index (κ3) is 2.88. The Bertz CT molecular complexity index is 463. The van der Waals surface area contributed by atoms with Gasteiger partial charge in [-0.2, -0.15) is 0 Å². The number of hydrogen-bond acceptors (Lipinski definition) is 3. The van der Waals surface area contributed by atoms with Crippen molar-refractivity contribution in [2.45, 2.75) is 57.3 Å². The first kappa shape index (κ1) is 13.6. The second-order valence-electron chi connectivity index (χ2n) is 6.11. The van der Waals surface area contributed by atoms with Gasteiger partial charge in [0.2, 0.25) is 0 Å². The lowest BCUT2D eigenvalue weighted by Gasteiger charge is -2.25. The highest BCUT2D eigenvalue weighted by atomic mass is 127. The molecule has 0 aliphatic heterocycles. The molecule has 2 aliphatic carbocycles. The standard InChI is InChI=1S/C15H22IN3/c1-9-3-5-11(6-4-9)14-18-13(10-7-8-10)12(16)15(17-2)19-14/h9-11H,3-8H2,1-2H3,(H,17,18,19). The summed E-state index contributed by atoms with van der Waals surface area (Å²) in [6.45, 7) is 2.36. The van der Waals surface area contributed by atoms with Gasteiger partial charge in [-0.1, -0.05) is 19.8 Å². The van der Waals surface area contributed by atoms with E-state index in [2.05, 4.69) is 34.8 Å². The lowest BCUT2D eigenvalue weighted by molar-refractivity contribution is 0.339. The molecule has 1 N–H and O–H groups in total. The highest BCUT2D eigenvalue weighted by Crippen LogP contribution is 2.43. The maximum Gasteiger partial charge on any atom is 0.143 e. The van der Waals surface area contributed by atoms with Crippen LogP contribution in [0.5, 0.6) is 0 Å². The van der Waals surface area contributed by atoms with Gasteiger partial charge in [-0.15, -0.1) is 0 Å². The minimum absolute atomic E-state index is 0.581. The molecule has 0 saturated heterocycles. The summed E-state index contributed by atoms with van der Waals surface area (Å²) in [4.78, 5) is 9.71.